The molecule has 8 rings (SSSR count). The van der Waals surface area contributed by atoms with Crippen molar-refractivity contribution in [2.75, 3.05) is 10.6 Å². The molecular formula is C42H48N12O2. The van der Waals surface area contributed by atoms with Crippen molar-refractivity contribution in [2.45, 2.75) is 81.7 Å². The van der Waals surface area contributed by atoms with E-state index < -0.39 is 0 Å². The number of aryl methyl sites for hydroxylation is 8. The average molecular weight is 753 g/mol. The van der Waals surface area contributed by atoms with Crippen molar-refractivity contribution in [1.82, 2.24) is 48.3 Å². The Morgan fingerprint density at radius 2 is 1.12 bits per heavy atom. The number of fused-ring (bicyclic) bond motifs is 2. The average Bonchev–Trinajstić information content (AvgIpc) is 3.98. The van der Waals surface area contributed by atoms with Gasteiger partial charge in [-0.15, -0.1) is 5.10 Å². The summed E-state index contributed by atoms with van der Waals surface area (Å²) in [5.41, 5.74) is 17.0. The number of hydrogen-bond acceptors (Lipinski definition) is 10. The summed E-state index contributed by atoms with van der Waals surface area (Å²) in [6.45, 7) is 17.7. The standard InChI is InChI=1S/2C21H24N6O/c1-13-6-5-7-14(2)18(13)9-22-19-8-17(27-12-23-20(11-28)25-27)10-26-16(4)15(3)24-21(19)26;1-13-6-5-7-14(2)18(13)9-22-19-8-17(27-20(11-28)23-12-24-27)10-26-16(4)15(3)25-21(19)26/h2*5-8,10,12,22,28H,9,11H2,1-4H3. The van der Waals surface area contributed by atoms with Crippen LogP contribution in [0.25, 0.3) is 22.7 Å². The highest BCUT2D eigenvalue weighted by Crippen LogP contribution is 2.27. The molecule has 0 amide bonds. The van der Waals surface area contributed by atoms with Crippen molar-refractivity contribution < 1.29 is 10.2 Å². The van der Waals surface area contributed by atoms with Gasteiger partial charge in [-0.1, -0.05) is 36.4 Å². The van der Waals surface area contributed by atoms with Gasteiger partial charge in [-0.25, -0.2) is 29.3 Å². The fourth-order valence-corrected chi connectivity index (χ4v) is 6.92. The third-order valence-corrected chi connectivity index (χ3v) is 10.5. The van der Waals surface area contributed by atoms with Gasteiger partial charge in [0.05, 0.1) is 34.1 Å². The normalized spacial score (nSPS) is 11.3. The highest BCUT2D eigenvalue weighted by Gasteiger charge is 2.16. The third kappa shape index (κ3) is 7.36. The molecule has 56 heavy (non-hydrogen) atoms. The molecule has 6 heterocycles. The van der Waals surface area contributed by atoms with E-state index in [-0.39, 0.29) is 13.2 Å². The van der Waals surface area contributed by atoms with Gasteiger partial charge in [0.15, 0.2) is 22.9 Å². The van der Waals surface area contributed by atoms with Crippen LogP contribution in [0.3, 0.4) is 0 Å². The van der Waals surface area contributed by atoms with Gasteiger partial charge in [0.25, 0.3) is 0 Å². The Morgan fingerprint density at radius 3 is 1.61 bits per heavy atom. The van der Waals surface area contributed by atoms with Crippen molar-refractivity contribution in [3.63, 3.8) is 0 Å². The molecule has 0 radical (unpaired) electrons. The molecule has 0 saturated carbocycles. The van der Waals surface area contributed by atoms with E-state index in [0.29, 0.717) is 24.7 Å². The number of hydrogen-bond donors (Lipinski definition) is 4. The largest absolute Gasteiger partial charge is 0.388 e. The summed E-state index contributed by atoms with van der Waals surface area (Å²) in [4.78, 5) is 17.7. The van der Waals surface area contributed by atoms with E-state index in [1.807, 2.05) is 45.3 Å². The first-order valence-corrected chi connectivity index (χ1v) is 18.6. The Morgan fingerprint density at radius 1 is 0.625 bits per heavy atom. The van der Waals surface area contributed by atoms with E-state index in [4.69, 9.17) is 9.97 Å². The summed E-state index contributed by atoms with van der Waals surface area (Å²) in [5.74, 6) is 0.887. The van der Waals surface area contributed by atoms with E-state index in [2.05, 4.69) is 111 Å². The number of anilines is 2. The molecule has 0 aliphatic rings. The second-order valence-corrected chi connectivity index (χ2v) is 14.1. The molecule has 0 bridgehead atoms. The van der Waals surface area contributed by atoms with Gasteiger partial charge < -0.3 is 29.6 Å². The number of aliphatic hydroxyl groups excluding tert-OH is 2. The molecule has 8 aromatic rings. The number of nitrogens with zero attached hydrogens (tertiary/aromatic N) is 10. The molecule has 0 saturated heterocycles. The van der Waals surface area contributed by atoms with Crippen LogP contribution < -0.4 is 10.6 Å². The van der Waals surface area contributed by atoms with Gasteiger partial charge in [-0.2, -0.15) is 5.10 Å². The van der Waals surface area contributed by atoms with Crippen LogP contribution in [-0.2, 0) is 26.3 Å². The van der Waals surface area contributed by atoms with E-state index in [1.165, 1.54) is 39.7 Å². The molecule has 0 fully saturated rings. The molecule has 14 nitrogen and oxygen atoms in total. The fourth-order valence-electron chi connectivity index (χ4n) is 6.92. The van der Waals surface area contributed by atoms with Gasteiger partial charge in [0, 0.05) is 36.9 Å². The summed E-state index contributed by atoms with van der Waals surface area (Å²) in [6.07, 6.45) is 7.03. The maximum absolute atomic E-state index is 9.56. The molecule has 4 N–H and O–H groups in total. The van der Waals surface area contributed by atoms with E-state index in [0.717, 1.165) is 56.8 Å². The molecular weight excluding hydrogens is 705 g/mol. The van der Waals surface area contributed by atoms with Crippen LogP contribution in [0.2, 0.25) is 0 Å². The van der Waals surface area contributed by atoms with E-state index >= 15 is 0 Å². The molecule has 288 valence electrons. The van der Waals surface area contributed by atoms with Crippen molar-refractivity contribution in [2.24, 2.45) is 0 Å². The minimum Gasteiger partial charge on any atom is -0.388 e. The molecule has 0 aliphatic carbocycles. The lowest BCUT2D eigenvalue weighted by Crippen LogP contribution is -2.09. The van der Waals surface area contributed by atoms with Gasteiger partial charge >= 0.3 is 0 Å². The lowest BCUT2D eigenvalue weighted by atomic mass is 10.0. The van der Waals surface area contributed by atoms with Crippen molar-refractivity contribution in [3.05, 3.63) is 141 Å². The smallest absolute Gasteiger partial charge is 0.176 e. The lowest BCUT2D eigenvalue weighted by molar-refractivity contribution is 0.268. The number of aliphatic hydroxyl groups is 2. The van der Waals surface area contributed by atoms with Gasteiger partial charge in [-0.3, -0.25) is 0 Å². The summed E-state index contributed by atoms with van der Waals surface area (Å²) in [5, 5.41) is 34.6. The number of nitrogens with one attached hydrogen (secondary N) is 2. The van der Waals surface area contributed by atoms with Crippen molar-refractivity contribution in [3.8, 4) is 11.4 Å². The summed E-state index contributed by atoms with van der Waals surface area (Å²) in [6, 6.07) is 16.7. The Hall–Kier alpha value is -6.38. The van der Waals surface area contributed by atoms with Crippen LogP contribution in [-0.4, -0.2) is 58.5 Å². The summed E-state index contributed by atoms with van der Waals surface area (Å²) < 4.78 is 7.45. The first-order chi connectivity index (χ1) is 27.0. The number of imidazole rings is 2. The predicted molar refractivity (Wildman–Crippen MR) is 217 cm³/mol. The van der Waals surface area contributed by atoms with Crippen LogP contribution >= 0.6 is 0 Å². The maximum Gasteiger partial charge on any atom is 0.176 e. The third-order valence-electron chi connectivity index (χ3n) is 10.5. The van der Waals surface area contributed by atoms with Crippen LogP contribution in [0.15, 0.2) is 73.6 Å². The van der Waals surface area contributed by atoms with Crippen LogP contribution in [0.4, 0.5) is 11.4 Å². The second-order valence-electron chi connectivity index (χ2n) is 14.1. The van der Waals surface area contributed by atoms with Gasteiger partial charge in [-0.05, 0) is 101 Å². The second kappa shape index (κ2) is 15.8. The van der Waals surface area contributed by atoms with Crippen molar-refractivity contribution in [1.29, 1.82) is 0 Å². The molecule has 0 aliphatic heterocycles. The highest BCUT2D eigenvalue weighted by molar-refractivity contribution is 5.73. The Labute approximate surface area is 325 Å². The molecule has 14 heteroatoms. The zero-order valence-electron chi connectivity index (χ0n) is 33.1. The van der Waals surface area contributed by atoms with Crippen LogP contribution in [0, 0.1) is 55.4 Å². The minimum atomic E-state index is -0.184. The molecule has 2 aromatic carbocycles. The summed E-state index contributed by atoms with van der Waals surface area (Å²) in [7, 11) is 0. The lowest BCUT2D eigenvalue weighted by Gasteiger charge is -2.14. The Kier molecular flexibility index (Phi) is 10.7. The first kappa shape index (κ1) is 37.9. The van der Waals surface area contributed by atoms with E-state index in [1.54, 1.807) is 15.7 Å². The SMILES string of the molecule is Cc1cccc(C)c1CNc1cc(-n2cnc(CO)n2)cn2c(C)c(C)nc12.Cc1cccc(C)c1CNc1cc(-n2ncnc2CO)cn2c(C)c(C)nc12. The topological polar surface area (TPSA) is 161 Å². The Balaban J connectivity index is 0.000000172. The number of aromatic nitrogens is 10. The van der Waals surface area contributed by atoms with Crippen molar-refractivity contribution >= 4 is 22.7 Å². The molecule has 6 aromatic heterocycles. The summed E-state index contributed by atoms with van der Waals surface area (Å²) >= 11 is 0. The van der Waals surface area contributed by atoms with Gasteiger partial charge in [0.1, 0.15) is 25.9 Å². The van der Waals surface area contributed by atoms with E-state index in [9.17, 15) is 10.2 Å². The highest BCUT2D eigenvalue weighted by atomic mass is 16.3. The molecule has 0 unspecified atom stereocenters. The number of pyridine rings is 2. The maximum atomic E-state index is 9.56. The van der Waals surface area contributed by atoms with Crippen LogP contribution in [0.1, 0.15) is 67.8 Å². The minimum absolute atomic E-state index is 0.175. The zero-order valence-corrected chi connectivity index (χ0v) is 33.1. The van der Waals surface area contributed by atoms with Crippen LogP contribution in [0.5, 0.6) is 0 Å². The monoisotopic (exact) mass is 752 g/mol. The van der Waals surface area contributed by atoms with Gasteiger partial charge in [0.2, 0.25) is 0 Å². The molecule has 0 atom stereocenters. The Bertz CT molecular complexity index is 2640. The zero-order chi connectivity index (χ0) is 39.7. The predicted octanol–water partition coefficient (Wildman–Crippen LogP) is 6.51. The quantitative estimate of drug-likeness (QED) is 0.121. The molecule has 0 spiro atoms. The fraction of sp³-hybridized carbons (Fsp3) is 0.286. The number of benzene rings is 2. The first-order valence-electron chi connectivity index (χ1n) is 18.6. The number of rotatable bonds is 10.